The molecule has 0 aliphatic heterocycles. The number of ether oxygens (including phenoxy) is 1. The monoisotopic (exact) mass is 144 g/mol. The maximum absolute atomic E-state index is 10.7. The molecular weight excluding hydrogens is 128 g/mol. The molecule has 0 aromatic carbocycles. The van der Waals surface area contributed by atoms with Crippen LogP contribution in [0, 0.1) is 5.92 Å². The van der Waals surface area contributed by atoms with E-state index in [-0.39, 0.29) is 5.97 Å². The largest absolute Gasteiger partial charge is 0.466 e. The fourth-order valence-electron chi connectivity index (χ4n) is 0.640. The van der Waals surface area contributed by atoms with Gasteiger partial charge >= 0.3 is 5.97 Å². The lowest BCUT2D eigenvalue weighted by atomic mass is 10.1. The SMILES string of the molecule is CCOC(=O)CCC(C)C. The van der Waals surface area contributed by atoms with Crippen LogP contribution in [0.1, 0.15) is 33.6 Å². The van der Waals surface area contributed by atoms with Gasteiger partial charge in [0.05, 0.1) is 6.61 Å². The summed E-state index contributed by atoms with van der Waals surface area (Å²) in [6.45, 7) is 6.52. The Bertz CT molecular complexity index is 97.4. The molecule has 0 saturated carbocycles. The number of carbonyl (C=O) groups is 1. The summed E-state index contributed by atoms with van der Waals surface area (Å²) in [5, 5.41) is 0. The lowest BCUT2D eigenvalue weighted by Crippen LogP contribution is -2.04. The van der Waals surface area contributed by atoms with Crippen LogP contribution in [0.3, 0.4) is 0 Å². The molecule has 0 spiro atoms. The molecule has 2 nitrogen and oxygen atoms in total. The minimum absolute atomic E-state index is 0.0730. The van der Waals surface area contributed by atoms with E-state index in [1.807, 2.05) is 6.92 Å². The van der Waals surface area contributed by atoms with Crippen LogP contribution in [0.5, 0.6) is 0 Å². The molecule has 0 fully saturated rings. The molecule has 0 bridgehead atoms. The maximum atomic E-state index is 10.7. The minimum Gasteiger partial charge on any atom is -0.466 e. The topological polar surface area (TPSA) is 26.3 Å². The molecule has 0 atom stereocenters. The molecule has 0 unspecified atom stereocenters. The van der Waals surface area contributed by atoms with E-state index in [1.165, 1.54) is 0 Å². The summed E-state index contributed by atoms with van der Waals surface area (Å²) in [4.78, 5) is 10.7. The highest BCUT2D eigenvalue weighted by atomic mass is 16.5. The number of hydrogen-bond donors (Lipinski definition) is 0. The van der Waals surface area contributed by atoms with Crippen molar-refractivity contribution in [3.05, 3.63) is 0 Å². The Hall–Kier alpha value is -0.530. The van der Waals surface area contributed by atoms with Crippen molar-refractivity contribution in [2.24, 2.45) is 5.92 Å². The second-order valence-electron chi connectivity index (χ2n) is 2.74. The molecule has 0 heterocycles. The average Bonchev–Trinajstić information content (AvgIpc) is 1.85. The lowest BCUT2D eigenvalue weighted by Gasteiger charge is -2.03. The molecular formula is C8H16O2. The first kappa shape index (κ1) is 9.47. The van der Waals surface area contributed by atoms with Crippen molar-refractivity contribution in [2.45, 2.75) is 33.6 Å². The first-order chi connectivity index (χ1) is 4.66. The Kier molecular flexibility index (Phi) is 4.99. The zero-order valence-corrected chi connectivity index (χ0v) is 7.02. The molecule has 0 amide bonds. The Balaban J connectivity index is 3.22. The van der Waals surface area contributed by atoms with Crippen LogP contribution >= 0.6 is 0 Å². The van der Waals surface area contributed by atoms with E-state index in [4.69, 9.17) is 4.74 Å². The van der Waals surface area contributed by atoms with Crippen molar-refractivity contribution >= 4 is 5.97 Å². The molecule has 0 aromatic heterocycles. The molecule has 60 valence electrons. The van der Waals surface area contributed by atoms with Crippen LogP contribution in [-0.4, -0.2) is 12.6 Å². The third-order valence-corrected chi connectivity index (χ3v) is 1.23. The van der Waals surface area contributed by atoms with Crippen molar-refractivity contribution in [2.75, 3.05) is 6.61 Å². The Morgan fingerprint density at radius 1 is 1.50 bits per heavy atom. The smallest absolute Gasteiger partial charge is 0.305 e. The summed E-state index contributed by atoms with van der Waals surface area (Å²) >= 11 is 0. The van der Waals surface area contributed by atoms with Gasteiger partial charge in [-0.2, -0.15) is 0 Å². The summed E-state index contributed by atoms with van der Waals surface area (Å²) < 4.78 is 4.75. The van der Waals surface area contributed by atoms with E-state index in [9.17, 15) is 4.79 Å². The molecule has 0 aromatic rings. The molecule has 0 aliphatic rings. The standard InChI is InChI=1S/C8H16O2/c1-4-10-8(9)6-5-7(2)3/h7H,4-6H2,1-3H3. The van der Waals surface area contributed by atoms with Gasteiger partial charge in [-0.05, 0) is 19.3 Å². The quantitative estimate of drug-likeness (QED) is 0.564. The zero-order chi connectivity index (χ0) is 7.98. The fraction of sp³-hybridized carbons (Fsp3) is 0.875. The summed E-state index contributed by atoms with van der Waals surface area (Å²) in [5.74, 6) is 0.514. The van der Waals surface area contributed by atoms with Crippen LogP contribution in [0.4, 0.5) is 0 Å². The highest BCUT2D eigenvalue weighted by Gasteiger charge is 2.02. The van der Waals surface area contributed by atoms with E-state index in [1.54, 1.807) is 0 Å². The third kappa shape index (κ3) is 5.60. The van der Waals surface area contributed by atoms with E-state index >= 15 is 0 Å². The van der Waals surface area contributed by atoms with Gasteiger partial charge in [0.2, 0.25) is 0 Å². The van der Waals surface area contributed by atoms with E-state index in [2.05, 4.69) is 13.8 Å². The molecule has 2 heteroatoms. The van der Waals surface area contributed by atoms with Gasteiger partial charge in [0, 0.05) is 6.42 Å². The van der Waals surface area contributed by atoms with Crippen molar-refractivity contribution in [1.82, 2.24) is 0 Å². The summed E-state index contributed by atoms with van der Waals surface area (Å²) in [6, 6.07) is 0. The number of esters is 1. The predicted molar refractivity (Wildman–Crippen MR) is 40.7 cm³/mol. The Labute approximate surface area is 62.6 Å². The third-order valence-electron chi connectivity index (χ3n) is 1.23. The highest BCUT2D eigenvalue weighted by molar-refractivity contribution is 5.69. The number of rotatable bonds is 4. The normalized spacial score (nSPS) is 10.0. The molecule has 10 heavy (non-hydrogen) atoms. The van der Waals surface area contributed by atoms with Crippen molar-refractivity contribution in [3.63, 3.8) is 0 Å². The molecule has 0 N–H and O–H groups in total. The van der Waals surface area contributed by atoms with Gasteiger partial charge in [0.25, 0.3) is 0 Å². The van der Waals surface area contributed by atoms with Gasteiger partial charge in [-0.15, -0.1) is 0 Å². The van der Waals surface area contributed by atoms with Gasteiger partial charge < -0.3 is 4.74 Å². The Morgan fingerprint density at radius 3 is 2.50 bits per heavy atom. The second-order valence-corrected chi connectivity index (χ2v) is 2.74. The molecule has 0 saturated heterocycles. The number of carbonyl (C=O) groups excluding carboxylic acids is 1. The maximum Gasteiger partial charge on any atom is 0.305 e. The van der Waals surface area contributed by atoms with Crippen LogP contribution in [-0.2, 0) is 9.53 Å². The minimum atomic E-state index is -0.0730. The van der Waals surface area contributed by atoms with E-state index in [0.717, 1.165) is 6.42 Å². The summed E-state index contributed by atoms with van der Waals surface area (Å²) in [5.41, 5.74) is 0. The van der Waals surface area contributed by atoms with Crippen LogP contribution < -0.4 is 0 Å². The molecule has 0 rings (SSSR count). The average molecular weight is 144 g/mol. The fourth-order valence-corrected chi connectivity index (χ4v) is 0.640. The summed E-state index contributed by atoms with van der Waals surface area (Å²) in [7, 11) is 0. The van der Waals surface area contributed by atoms with Crippen LogP contribution in [0.2, 0.25) is 0 Å². The highest BCUT2D eigenvalue weighted by Crippen LogP contribution is 2.03. The van der Waals surface area contributed by atoms with Crippen LogP contribution in [0.15, 0.2) is 0 Å². The van der Waals surface area contributed by atoms with Gasteiger partial charge in [0.1, 0.15) is 0 Å². The summed E-state index contributed by atoms with van der Waals surface area (Å²) in [6.07, 6.45) is 1.49. The first-order valence-corrected chi connectivity index (χ1v) is 3.82. The van der Waals surface area contributed by atoms with Gasteiger partial charge in [-0.3, -0.25) is 4.79 Å². The van der Waals surface area contributed by atoms with Crippen LogP contribution in [0.25, 0.3) is 0 Å². The molecule has 0 radical (unpaired) electrons. The van der Waals surface area contributed by atoms with Gasteiger partial charge in [0.15, 0.2) is 0 Å². The first-order valence-electron chi connectivity index (χ1n) is 3.82. The lowest BCUT2D eigenvalue weighted by molar-refractivity contribution is -0.143. The van der Waals surface area contributed by atoms with Gasteiger partial charge in [-0.25, -0.2) is 0 Å². The van der Waals surface area contributed by atoms with E-state index < -0.39 is 0 Å². The van der Waals surface area contributed by atoms with Crippen molar-refractivity contribution in [1.29, 1.82) is 0 Å². The van der Waals surface area contributed by atoms with E-state index in [0.29, 0.717) is 18.9 Å². The molecule has 0 aliphatic carbocycles. The predicted octanol–water partition coefficient (Wildman–Crippen LogP) is 1.99. The zero-order valence-electron chi connectivity index (χ0n) is 7.02. The van der Waals surface area contributed by atoms with Crippen molar-refractivity contribution in [3.8, 4) is 0 Å². The van der Waals surface area contributed by atoms with Gasteiger partial charge in [-0.1, -0.05) is 13.8 Å². The number of hydrogen-bond acceptors (Lipinski definition) is 2. The second kappa shape index (κ2) is 5.27. The van der Waals surface area contributed by atoms with Crippen molar-refractivity contribution < 1.29 is 9.53 Å². The Morgan fingerprint density at radius 2 is 2.10 bits per heavy atom.